The summed E-state index contributed by atoms with van der Waals surface area (Å²) < 4.78 is 5.04. The first-order valence-corrected chi connectivity index (χ1v) is 4.37. The van der Waals surface area contributed by atoms with Crippen molar-refractivity contribution >= 4 is 5.82 Å². The third kappa shape index (κ3) is 2.11. The van der Waals surface area contributed by atoms with Gasteiger partial charge in [0.25, 0.3) is 0 Å². The Kier molecular flexibility index (Phi) is 2.90. The summed E-state index contributed by atoms with van der Waals surface area (Å²) in [6.45, 7) is 6.11. The number of anilines is 1. The molecule has 1 heterocycles. The Morgan fingerprint density at radius 3 is 2.50 bits per heavy atom. The Labute approximate surface area is 83.7 Å². The van der Waals surface area contributed by atoms with Crippen LogP contribution in [0.15, 0.2) is 6.20 Å². The summed E-state index contributed by atoms with van der Waals surface area (Å²) in [5.74, 6) is 7.10. The number of aromatic nitrogens is 2. The summed E-state index contributed by atoms with van der Waals surface area (Å²) in [4.78, 5) is 8.46. The lowest BCUT2D eigenvalue weighted by Crippen LogP contribution is -2.19. The molecule has 3 N–H and O–H groups in total. The number of nitrogen functional groups attached to an aromatic ring is 1. The molecule has 1 aromatic heterocycles. The molecule has 0 fully saturated rings. The van der Waals surface area contributed by atoms with Gasteiger partial charge in [-0.3, -0.25) is 0 Å². The van der Waals surface area contributed by atoms with E-state index >= 15 is 0 Å². The molecular formula is C9H16N4O. The monoisotopic (exact) mass is 196 g/mol. The van der Waals surface area contributed by atoms with Crippen molar-refractivity contribution in [2.24, 2.45) is 5.84 Å². The van der Waals surface area contributed by atoms with Crippen LogP contribution < -0.4 is 16.0 Å². The van der Waals surface area contributed by atoms with Crippen molar-refractivity contribution in [3.05, 3.63) is 12.0 Å². The van der Waals surface area contributed by atoms with Crippen molar-refractivity contribution in [1.29, 1.82) is 0 Å². The van der Waals surface area contributed by atoms with Crippen LogP contribution in [-0.2, 0) is 5.41 Å². The number of nitrogens with one attached hydrogen (secondary N) is 1. The molecule has 1 aromatic rings. The summed E-state index contributed by atoms with van der Waals surface area (Å²) in [5, 5.41) is 0. The fourth-order valence-electron chi connectivity index (χ4n) is 0.985. The van der Waals surface area contributed by atoms with Crippen LogP contribution >= 0.6 is 0 Å². The quantitative estimate of drug-likeness (QED) is 0.546. The summed E-state index contributed by atoms with van der Waals surface area (Å²) in [7, 11) is 1.55. The zero-order valence-electron chi connectivity index (χ0n) is 8.96. The van der Waals surface area contributed by atoms with E-state index in [9.17, 15) is 0 Å². The molecular weight excluding hydrogens is 180 g/mol. The molecule has 0 unspecified atom stereocenters. The lowest BCUT2D eigenvalue weighted by molar-refractivity contribution is 0.410. The standard InChI is InChI=1S/C9H16N4O/c1-9(2,3)8-11-5-6(14-4)7(12-8)13-10/h5H,10H2,1-4H3,(H,11,12,13). The Balaban J connectivity index is 3.14. The number of rotatable bonds is 2. The van der Waals surface area contributed by atoms with Gasteiger partial charge in [-0.25, -0.2) is 15.8 Å². The SMILES string of the molecule is COc1cnc(C(C)(C)C)nc1NN. The molecule has 0 radical (unpaired) electrons. The number of methoxy groups -OCH3 is 1. The van der Waals surface area contributed by atoms with Crippen LogP contribution in [0.1, 0.15) is 26.6 Å². The number of hydrogen-bond donors (Lipinski definition) is 2. The molecule has 0 saturated carbocycles. The van der Waals surface area contributed by atoms with Crippen LogP contribution in [0.4, 0.5) is 5.82 Å². The van der Waals surface area contributed by atoms with Gasteiger partial charge in [-0.15, -0.1) is 0 Å². The molecule has 5 nitrogen and oxygen atoms in total. The predicted octanol–water partition coefficient (Wildman–Crippen LogP) is 1.07. The van der Waals surface area contributed by atoms with Gasteiger partial charge >= 0.3 is 0 Å². The summed E-state index contributed by atoms with van der Waals surface area (Å²) >= 11 is 0. The van der Waals surface area contributed by atoms with Gasteiger partial charge < -0.3 is 10.2 Å². The molecule has 14 heavy (non-hydrogen) atoms. The minimum absolute atomic E-state index is 0.0993. The van der Waals surface area contributed by atoms with Crippen molar-refractivity contribution in [2.75, 3.05) is 12.5 Å². The van der Waals surface area contributed by atoms with E-state index in [1.54, 1.807) is 13.3 Å². The average molecular weight is 196 g/mol. The second-order valence-electron chi connectivity index (χ2n) is 4.00. The van der Waals surface area contributed by atoms with Crippen molar-refractivity contribution in [3.63, 3.8) is 0 Å². The summed E-state index contributed by atoms with van der Waals surface area (Å²) in [5.41, 5.74) is 2.38. The van der Waals surface area contributed by atoms with Crippen molar-refractivity contribution < 1.29 is 4.74 Å². The molecule has 0 bridgehead atoms. The van der Waals surface area contributed by atoms with Crippen LogP contribution in [0.2, 0.25) is 0 Å². The number of hydrazine groups is 1. The highest BCUT2D eigenvalue weighted by Gasteiger charge is 2.19. The van der Waals surface area contributed by atoms with Crippen LogP contribution in [-0.4, -0.2) is 17.1 Å². The zero-order valence-corrected chi connectivity index (χ0v) is 8.96. The van der Waals surface area contributed by atoms with Gasteiger partial charge in [0.2, 0.25) is 0 Å². The number of nitrogens with two attached hydrogens (primary N) is 1. The normalized spacial score (nSPS) is 11.2. The van der Waals surface area contributed by atoms with E-state index in [1.807, 2.05) is 20.8 Å². The van der Waals surface area contributed by atoms with Gasteiger partial charge in [0.05, 0.1) is 13.3 Å². The summed E-state index contributed by atoms with van der Waals surface area (Å²) in [6.07, 6.45) is 1.61. The Bertz CT molecular complexity index is 319. The first-order chi connectivity index (χ1) is 6.49. The molecule has 5 heteroatoms. The van der Waals surface area contributed by atoms with E-state index in [1.165, 1.54) is 0 Å². The molecule has 0 aliphatic heterocycles. The third-order valence-corrected chi connectivity index (χ3v) is 1.78. The molecule has 0 spiro atoms. The number of hydrogen-bond acceptors (Lipinski definition) is 5. The molecule has 78 valence electrons. The second-order valence-corrected chi connectivity index (χ2v) is 4.00. The molecule has 0 saturated heterocycles. The molecule has 0 amide bonds. The van der Waals surface area contributed by atoms with E-state index in [0.717, 1.165) is 5.82 Å². The first-order valence-electron chi connectivity index (χ1n) is 4.37. The first kappa shape index (κ1) is 10.7. The van der Waals surface area contributed by atoms with Crippen molar-refractivity contribution in [1.82, 2.24) is 9.97 Å². The zero-order chi connectivity index (χ0) is 10.8. The maximum atomic E-state index is 5.32. The molecule has 0 aromatic carbocycles. The average Bonchev–Trinajstić information content (AvgIpc) is 2.15. The molecule has 0 aliphatic rings. The topological polar surface area (TPSA) is 73.1 Å². The van der Waals surface area contributed by atoms with Crippen LogP contribution in [0.3, 0.4) is 0 Å². The van der Waals surface area contributed by atoms with Gasteiger partial charge in [-0.05, 0) is 0 Å². The van der Waals surface area contributed by atoms with Gasteiger partial charge in [0.15, 0.2) is 11.6 Å². The number of nitrogens with zero attached hydrogens (tertiary/aromatic N) is 2. The minimum Gasteiger partial charge on any atom is -0.491 e. The Morgan fingerprint density at radius 2 is 2.07 bits per heavy atom. The Morgan fingerprint density at radius 1 is 1.43 bits per heavy atom. The van der Waals surface area contributed by atoms with Gasteiger partial charge in [0.1, 0.15) is 5.82 Å². The van der Waals surface area contributed by atoms with Crippen molar-refractivity contribution in [2.45, 2.75) is 26.2 Å². The van der Waals surface area contributed by atoms with Gasteiger partial charge in [-0.1, -0.05) is 20.8 Å². The molecule has 0 aliphatic carbocycles. The second kappa shape index (κ2) is 3.79. The maximum absolute atomic E-state index is 5.32. The largest absolute Gasteiger partial charge is 0.491 e. The predicted molar refractivity (Wildman–Crippen MR) is 55.1 cm³/mol. The van der Waals surface area contributed by atoms with E-state index < -0.39 is 0 Å². The maximum Gasteiger partial charge on any atom is 0.186 e. The highest BCUT2D eigenvalue weighted by molar-refractivity contribution is 5.47. The lowest BCUT2D eigenvalue weighted by atomic mass is 9.96. The fraction of sp³-hybridized carbons (Fsp3) is 0.556. The van der Waals surface area contributed by atoms with Gasteiger partial charge in [0, 0.05) is 5.41 Å². The van der Waals surface area contributed by atoms with E-state index in [0.29, 0.717) is 11.6 Å². The van der Waals surface area contributed by atoms with Crippen molar-refractivity contribution in [3.8, 4) is 5.75 Å². The third-order valence-electron chi connectivity index (χ3n) is 1.78. The van der Waals surface area contributed by atoms with Crippen LogP contribution in [0.5, 0.6) is 5.75 Å². The highest BCUT2D eigenvalue weighted by atomic mass is 16.5. The van der Waals surface area contributed by atoms with Gasteiger partial charge in [-0.2, -0.15) is 0 Å². The fourth-order valence-corrected chi connectivity index (χ4v) is 0.985. The smallest absolute Gasteiger partial charge is 0.186 e. The van der Waals surface area contributed by atoms with Crippen LogP contribution in [0.25, 0.3) is 0 Å². The van der Waals surface area contributed by atoms with E-state index in [-0.39, 0.29) is 5.41 Å². The highest BCUT2D eigenvalue weighted by Crippen LogP contribution is 2.24. The minimum atomic E-state index is -0.0993. The number of ether oxygens (including phenoxy) is 1. The van der Waals surface area contributed by atoms with E-state index in [4.69, 9.17) is 10.6 Å². The van der Waals surface area contributed by atoms with E-state index in [2.05, 4.69) is 15.4 Å². The molecule has 0 atom stereocenters. The van der Waals surface area contributed by atoms with Crippen LogP contribution in [0, 0.1) is 0 Å². The summed E-state index contributed by atoms with van der Waals surface area (Å²) in [6, 6.07) is 0. The Hall–Kier alpha value is -1.36. The lowest BCUT2D eigenvalue weighted by Gasteiger charge is -2.17. The molecule has 1 rings (SSSR count).